The average Bonchev–Trinajstić information content (AvgIpc) is 2.70. The van der Waals surface area contributed by atoms with Crippen molar-refractivity contribution in [3.05, 3.63) is 59.7 Å². The minimum atomic E-state index is -0.698. The number of para-hydroxylation sites is 1. The molecule has 1 unspecified atom stereocenters. The van der Waals surface area contributed by atoms with E-state index in [9.17, 15) is 9.59 Å². The summed E-state index contributed by atoms with van der Waals surface area (Å²) in [5, 5.41) is 5.44. The minimum Gasteiger partial charge on any atom is -0.497 e. The summed E-state index contributed by atoms with van der Waals surface area (Å²) < 4.78 is 10.8. The normalized spacial score (nSPS) is 11.1. The Kier molecular flexibility index (Phi) is 10.0. The molecule has 0 heterocycles. The number of halogens is 1. The standard InChI is InChI=1S/C20H25N3O4.ClH/c1-14(27-13-15-6-5-7-16(12-15)26-2)19(24)23-18-9-4-3-8-17(18)20(25)22-11-10-21;/h3-9,12,14H,10-11,13,21H2,1-2H3,(H,22,25)(H,23,24);1H. The lowest BCUT2D eigenvalue weighted by Gasteiger charge is -2.16. The number of hydrogen-bond donors (Lipinski definition) is 3. The van der Waals surface area contributed by atoms with Gasteiger partial charge in [0, 0.05) is 13.1 Å². The maximum absolute atomic E-state index is 12.4. The van der Waals surface area contributed by atoms with Crippen molar-refractivity contribution in [3.63, 3.8) is 0 Å². The van der Waals surface area contributed by atoms with Gasteiger partial charge in [-0.25, -0.2) is 0 Å². The molecule has 0 spiro atoms. The van der Waals surface area contributed by atoms with Gasteiger partial charge in [0.2, 0.25) is 0 Å². The van der Waals surface area contributed by atoms with E-state index in [0.717, 1.165) is 11.3 Å². The number of amides is 2. The molecule has 0 radical (unpaired) electrons. The Labute approximate surface area is 171 Å². The second-order valence-electron chi connectivity index (χ2n) is 5.88. The number of carbonyl (C=O) groups excluding carboxylic acids is 2. The number of nitrogens with one attached hydrogen (secondary N) is 2. The Hall–Kier alpha value is -2.61. The van der Waals surface area contributed by atoms with E-state index in [-0.39, 0.29) is 30.8 Å². The first-order valence-corrected chi connectivity index (χ1v) is 8.68. The van der Waals surface area contributed by atoms with Crippen LogP contribution >= 0.6 is 12.4 Å². The topological polar surface area (TPSA) is 103 Å². The highest BCUT2D eigenvalue weighted by Gasteiger charge is 2.17. The zero-order valence-electron chi connectivity index (χ0n) is 15.9. The fourth-order valence-corrected chi connectivity index (χ4v) is 2.36. The third-order valence-corrected chi connectivity index (χ3v) is 3.86. The van der Waals surface area contributed by atoms with Crippen LogP contribution in [0.15, 0.2) is 48.5 Å². The Bertz CT molecular complexity index is 786. The van der Waals surface area contributed by atoms with Crippen LogP contribution < -0.4 is 21.1 Å². The van der Waals surface area contributed by atoms with Crippen molar-refractivity contribution in [2.45, 2.75) is 19.6 Å². The Morgan fingerprint density at radius 2 is 1.89 bits per heavy atom. The van der Waals surface area contributed by atoms with Gasteiger partial charge in [-0.05, 0) is 36.8 Å². The van der Waals surface area contributed by atoms with Crippen LogP contribution in [0.5, 0.6) is 5.75 Å². The number of methoxy groups -OCH3 is 1. The highest BCUT2D eigenvalue weighted by Crippen LogP contribution is 2.17. The number of anilines is 1. The van der Waals surface area contributed by atoms with Crippen LogP contribution in [0.2, 0.25) is 0 Å². The molecule has 7 nitrogen and oxygen atoms in total. The summed E-state index contributed by atoms with van der Waals surface area (Å²) in [6, 6.07) is 14.2. The largest absolute Gasteiger partial charge is 0.497 e. The van der Waals surface area contributed by atoms with E-state index in [1.54, 1.807) is 38.3 Å². The quantitative estimate of drug-likeness (QED) is 0.592. The van der Waals surface area contributed by atoms with Crippen LogP contribution in [0, 0.1) is 0 Å². The molecular formula is C20H26ClN3O4. The van der Waals surface area contributed by atoms with Crippen LogP contribution in [0.25, 0.3) is 0 Å². The van der Waals surface area contributed by atoms with Crippen molar-refractivity contribution < 1.29 is 19.1 Å². The van der Waals surface area contributed by atoms with Crippen LogP contribution in [0.1, 0.15) is 22.8 Å². The monoisotopic (exact) mass is 407 g/mol. The summed E-state index contributed by atoms with van der Waals surface area (Å²) in [7, 11) is 1.59. The maximum atomic E-state index is 12.4. The van der Waals surface area contributed by atoms with Gasteiger partial charge >= 0.3 is 0 Å². The Balaban J connectivity index is 0.00000392. The zero-order valence-corrected chi connectivity index (χ0v) is 16.8. The Morgan fingerprint density at radius 1 is 1.14 bits per heavy atom. The molecular weight excluding hydrogens is 382 g/mol. The molecule has 0 saturated heterocycles. The SMILES string of the molecule is COc1cccc(COC(C)C(=O)Nc2ccccc2C(=O)NCCN)c1.Cl. The van der Waals surface area contributed by atoms with E-state index in [0.29, 0.717) is 24.3 Å². The van der Waals surface area contributed by atoms with Crippen molar-refractivity contribution in [1.82, 2.24) is 5.32 Å². The number of hydrogen-bond acceptors (Lipinski definition) is 5. The molecule has 0 aliphatic carbocycles. The van der Waals surface area contributed by atoms with E-state index in [1.165, 1.54) is 0 Å². The van der Waals surface area contributed by atoms with Gasteiger partial charge in [0.05, 0.1) is 25.0 Å². The molecule has 28 heavy (non-hydrogen) atoms. The molecule has 2 aromatic carbocycles. The third kappa shape index (κ3) is 6.84. The first-order chi connectivity index (χ1) is 13.0. The lowest BCUT2D eigenvalue weighted by Crippen LogP contribution is -2.31. The fraction of sp³-hybridized carbons (Fsp3) is 0.300. The highest BCUT2D eigenvalue weighted by molar-refractivity contribution is 6.04. The van der Waals surface area contributed by atoms with Crippen LogP contribution in [-0.4, -0.2) is 38.1 Å². The molecule has 8 heteroatoms. The van der Waals surface area contributed by atoms with Crippen molar-refractivity contribution in [1.29, 1.82) is 0 Å². The van der Waals surface area contributed by atoms with Crippen LogP contribution in [-0.2, 0) is 16.1 Å². The van der Waals surface area contributed by atoms with Crippen LogP contribution in [0.4, 0.5) is 5.69 Å². The molecule has 2 amide bonds. The second kappa shape index (κ2) is 12.0. The molecule has 4 N–H and O–H groups in total. The molecule has 0 aliphatic heterocycles. The summed E-state index contributed by atoms with van der Waals surface area (Å²) in [6.45, 7) is 2.63. The van der Waals surface area contributed by atoms with Gasteiger partial charge in [-0.3, -0.25) is 9.59 Å². The van der Waals surface area contributed by atoms with Crippen molar-refractivity contribution in [2.24, 2.45) is 5.73 Å². The average molecular weight is 408 g/mol. The van der Waals surface area contributed by atoms with Gasteiger partial charge in [0.25, 0.3) is 11.8 Å². The van der Waals surface area contributed by atoms with Crippen molar-refractivity contribution in [3.8, 4) is 5.75 Å². The van der Waals surface area contributed by atoms with Gasteiger partial charge in [-0.2, -0.15) is 0 Å². The summed E-state index contributed by atoms with van der Waals surface area (Å²) >= 11 is 0. The van der Waals surface area contributed by atoms with Crippen molar-refractivity contribution in [2.75, 3.05) is 25.5 Å². The molecule has 0 aromatic heterocycles. The minimum absolute atomic E-state index is 0. The first-order valence-electron chi connectivity index (χ1n) is 8.68. The van der Waals surface area contributed by atoms with Gasteiger partial charge < -0.3 is 25.8 Å². The molecule has 0 fully saturated rings. The summed E-state index contributed by atoms with van der Waals surface area (Å²) in [4.78, 5) is 24.6. The zero-order chi connectivity index (χ0) is 19.6. The summed E-state index contributed by atoms with van der Waals surface area (Å²) in [5.41, 5.74) is 7.10. The smallest absolute Gasteiger partial charge is 0.253 e. The van der Waals surface area contributed by atoms with Crippen molar-refractivity contribution >= 4 is 29.9 Å². The number of carbonyl (C=O) groups is 2. The lowest BCUT2D eigenvalue weighted by atomic mass is 10.1. The highest BCUT2D eigenvalue weighted by atomic mass is 35.5. The molecule has 1 atom stereocenters. The molecule has 0 saturated carbocycles. The van der Waals surface area contributed by atoms with E-state index < -0.39 is 6.10 Å². The molecule has 152 valence electrons. The summed E-state index contributed by atoms with van der Waals surface area (Å²) in [6.07, 6.45) is -0.698. The fourth-order valence-electron chi connectivity index (χ4n) is 2.36. The number of ether oxygens (including phenoxy) is 2. The molecule has 0 bridgehead atoms. The van der Waals surface area contributed by atoms with Gasteiger partial charge in [-0.1, -0.05) is 24.3 Å². The number of rotatable bonds is 9. The van der Waals surface area contributed by atoms with Gasteiger partial charge in [0.1, 0.15) is 11.9 Å². The van der Waals surface area contributed by atoms with E-state index in [4.69, 9.17) is 15.2 Å². The predicted octanol–water partition coefficient (Wildman–Crippen LogP) is 2.35. The predicted molar refractivity (Wildman–Crippen MR) is 111 cm³/mol. The van der Waals surface area contributed by atoms with Gasteiger partial charge in [-0.15, -0.1) is 12.4 Å². The maximum Gasteiger partial charge on any atom is 0.253 e. The molecule has 2 aromatic rings. The van der Waals surface area contributed by atoms with Crippen LogP contribution in [0.3, 0.4) is 0 Å². The first kappa shape index (κ1) is 23.4. The van der Waals surface area contributed by atoms with E-state index in [1.807, 2.05) is 24.3 Å². The molecule has 2 rings (SSSR count). The van der Waals surface area contributed by atoms with E-state index in [2.05, 4.69) is 10.6 Å². The number of nitrogens with two attached hydrogens (primary N) is 1. The number of benzene rings is 2. The Morgan fingerprint density at radius 3 is 2.61 bits per heavy atom. The second-order valence-corrected chi connectivity index (χ2v) is 5.88. The molecule has 0 aliphatic rings. The lowest BCUT2D eigenvalue weighted by molar-refractivity contribution is -0.127. The third-order valence-electron chi connectivity index (χ3n) is 3.86. The van der Waals surface area contributed by atoms with Gasteiger partial charge in [0.15, 0.2) is 0 Å². The van der Waals surface area contributed by atoms with E-state index >= 15 is 0 Å². The summed E-state index contributed by atoms with van der Waals surface area (Å²) in [5.74, 6) is 0.101.